The fourth-order valence-corrected chi connectivity index (χ4v) is 3.62. The third kappa shape index (κ3) is 3.34. The molecule has 4 heteroatoms. The number of hydrogen-bond donors (Lipinski definition) is 1. The van der Waals surface area contributed by atoms with Gasteiger partial charge in [-0.3, -0.25) is 10.1 Å². The van der Waals surface area contributed by atoms with Crippen molar-refractivity contribution < 1.29 is 9.53 Å². The van der Waals surface area contributed by atoms with E-state index in [9.17, 15) is 4.79 Å². The lowest BCUT2D eigenvalue weighted by atomic mass is 9.91. The Morgan fingerprint density at radius 1 is 1.25 bits per heavy atom. The fourth-order valence-electron chi connectivity index (χ4n) is 3.62. The van der Waals surface area contributed by atoms with Crippen LogP contribution in [0.25, 0.3) is 0 Å². The summed E-state index contributed by atoms with van der Waals surface area (Å²) < 4.78 is 5.45. The van der Waals surface area contributed by atoms with E-state index in [0.29, 0.717) is 17.9 Å². The molecule has 0 aromatic heterocycles. The van der Waals surface area contributed by atoms with Gasteiger partial charge in [0.1, 0.15) is 0 Å². The van der Waals surface area contributed by atoms with Gasteiger partial charge in [0.05, 0.1) is 12.2 Å². The van der Waals surface area contributed by atoms with Gasteiger partial charge in [-0.2, -0.15) is 0 Å². The summed E-state index contributed by atoms with van der Waals surface area (Å²) in [6.07, 6.45) is 6.59. The second kappa shape index (κ2) is 7.41. The summed E-state index contributed by atoms with van der Waals surface area (Å²) in [4.78, 5) is 14.8. The van der Waals surface area contributed by atoms with Crippen molar-refractivity contribution in [1.82, 2.24) is 10.2 Å². The zero-order valence-electron chi connectivity index (χ0n) is 13.2. The Kier molecular flexibility index (Phi) is 5.85. The summed E-state index contributed by atoms with van der Waals surface area (Å²) in [6.45, 7) is 8.26. The first-order chi connectivity index (χ1) is 9.69. The molecule has 1 N–H and O–H groups in total. The van der Waals surface area contributed by atoms with Crippen LogP contribution in [0, 0.1) is 5.92 Å². The number of hydrogen-bond acceptors (Lipinski definition) is 3. The van der Waals surface area contributed by atoms with Gasteiger partial charge in [0.2, 0.25) is 5.91 Å². The maximum atomic E-state index is 12.7. The lowest BCUT2D eigenvalue weighted by Crippen LogP contribution is -2.47. The molecule has 2 rings (SSSR count). The number of amides is 1. The first-order valence-electron chi connectivity index (χ1n) is 8.35. The van der Waals surface area contributed by atoms with E-state index in [0.717, 1.165) is 51.7 Å². The predicted molar refractivity (Wildman–Crippen MR) is 80.4 cm³/mol. The minimum Gasteiger partial charge on any atom is -0.381 e. The molecule has 0 spiro atoms. The predicted octanol–water partition coefficient (Wildman–Crippen LogP) is 2.53. The maximum absolute atomic E-state index is 12.7. The summed E-state index contributed by atoms with van der Waals surface area (Å²) in [5.41, 5.74) is 0. The third-order valence-electron chi connectivity index (χ3n) is 4.81. The Labute approximate surface area is 123 Å². The van der Waals surface area contributed by atoms with Crippen molar-refractivity contribution in [2.75, 3.05) is 13.2 Å². The van der Waals surface area contributed by atoms with Gasteiger partial charge in [0.15, 0.2) is 0 Å². The van der Waals surface area contributed by atoms with Crippen LogP contribution in [0.4, 0.5) is 0 Å². The highest BCUT2D eigenvalue weighted by Gasteiger charge is 2.42. The molecule has 0 radical (unpaired) electrons. The van der Waals surface area contributed by atoms with Gasteiger partial charge < -0.3 is 9.64 Å². The number of carbonyl (C=O) groups excluding carboxylic acids is 1. The van der Waals surface area contributed by atoms with Crippen LogP contribution in [0.2, 0.25) is 0 Å². The largest absolute Gasteiger partial charge is 0.381 e. The highest BCUT2D eigenvalue weighted by Crippen LogP contribution is 2.28. The number of carbonyl (C=O) groups is 1. The molecule has 3 unspecified atom stereocenters. The van der Waals surface area contributed by atoms with Gasteiger partial charge in [-0.05, 0) is 38.5 Å². The minimum atomic E-state index is 0.0406. The van der Waals surface area contributed by atoms with Crippen LogP contribution in [0.5, 0.6) is 0 Å². The van der Waals surface area contributed by atoms with E-state index in [-0.39, 0.29) is 12.2 Å². The Bertz CT molecular complexity index is 316. The van der Waals surface area contributed by atoms with Crippen molar-refractivity contribution in [3.8, 4) is 0 Å². The maximum Gasteiger partial charge on any atom is 0.241 e. The molecule has 3 atom stereocenters. The van der Waals surface area contributed by atoms with Crippen molar-refractivity contribution in [3.63, 3.8) is 0 Å². The lowest BCUT2D eigenvalue weighted by Gasteiger charge is -2.37. The topological polar surface area (TPSA) is 41.6 Å². The van der Waals surface area contributed by atoms with E-state index in [1.54, 1.807) is 0 Å². The number of nitrogens with zero attached hydrogens (tertiary/aromatic N) is 1. The molecule has 0 aromatic rings. The van der Waals surface area contributed by atoms with Crippen molar-refractivity contribution >= 4 is 5.91 Å². The first-order valence-corrected chi connectivity index (χ1v) is 8.35. The van der Waals surface area contributed by atoms with E-state index in [4.69, 9.17) is 4.74 Å². The highest BCUT2D eigenvalue weighted by molar-refractivity contribution is 5.84. The second-order valence-electron chi connectivity index (χ2n) is 6.25. The van der Waals surface area contributed by atoms with Crippen LogP contribution in [-0.4, -0.2) is 42.3 Å². The normalized spacial score (nSPS) is 29.9. The molecule has 0 aromatic carbocycles. The quantitative estimate of drug-likeness (QED) is 0.814. The molecular weight excluding hydrogens is 252 g/mol. The van der Waals surface area contributed by atoms with Crippen molar-refractivity contribution in [3.05, 3.63) is 0 Å². The third-order valence-corrected chi connectivity index (χ3v) is 4.81. The Hall–Kier alpha value is -0.610. The van der Waals surface area contributed by atoms with Crippen molar-refractivity contribution in [2.45, 2.75) is 77.5 Å². The average Bonchev–Trinajstić information content (AvgIpc) is 2.76. The molecule has 4 nitrogen and oxygen atoms in total. The SMILES string of the molecule is CCCC1NC(CCC)N(C(C)C2CCOCC2)C1=O. The Morgan fingerprint density at radius 3 is 2.50 bits per heavy atom. The molecule has 2 aliphatic heterocycles. The summed E-state index contributed by atoms with van der Waals surface area (Å²) >= 11 is 0. The van der Waals surface area contributed by atoms with Crippen LogP contribution in [0.15, 0.2) is 0 Å². The molecule has 2 heterocycles. The highest BCUT2D eigenvalue weighted by atomic mass is 16.5. The monoisotopic (exact) mass is 282 g/mol. The molecule has 20 heavy (non-hydrogen) atoms. The minimum absolute atomic E-state index is 0.0406. The number of ether oxygens (including phenoxy) is 1. The first kappa shape index (κ1) is 15.8. The Morgan fingerprint density at radius 2 is 1.90 bits per heavy atom. The van der Waals surface area contributed by atoms with Crippen LogP contribution in [0.3, 0.4) is 0 Å². The van der Waals surface area contributed by atoms with E-state index in [1.807, 2.05) is 0 Å². The van der Waals surface area contributed by atoms with Gasteiger partial charge in [-0.15, -0.1) is 0 Å². The van der Waals surface area contributed by atoms with Gasteiger partial charge in [-0.25, -0.2) is 0 Å². The molecule has 0 bridgehead atoms. The van der Waals surface area contributed by atoms with Gasteiger partial charge in [0.25, 0.3) is 0 Å². The van der Waals surface area contributed by atoms with Gasteiger partial charge in [-0.1, -0.05) is 26.7 Å². The van der Waals surface area contributed by atoms with Gasteiger partial charge >= 0.3 is 0 Å². The van der Waals surface area contributed by atoms with Gasteiger partial charge in [0, 0.05) is 19.3 Å². The van der Waals surface area contributed by atoms with Crippen molar-refractivity contribution in [2.24, 2.45) is 5.92 Å². The summed E-state index contributed by atoms with van der Waals surface area (Å²) in [6, 6.07) is 0.371. The average molecular weight is 282 g/mol. The van der Waals surface area contributed by atoms with Crippen LogP contribution >= 0.6 is 0 Å². The van der Waals surface area contributed by atoms with E-state index < -0.39 is 0 Å². The zero-order valence-corrected chi connectivity index (χ0v) is 13.2. The van der Waals surface area contributed by atoms with Crippen LogP contribution in [0.1, 0.15) is 59.3 Å². The van der Waals surface area contributed by atoms with E-state index in [2.05, 4.69) is 31.0 Å². The van der Waals surface area contributed by atoms with Crippen molar-refractivity contribution in [1.29, 1.82) is 0 Å². The zero-order chi connectivity index (χ0) is 14.5. The fraction of sp³-hybridized carbons (Fsp3) is 0.938. The lowest BCUT2D eigenvalue weighted by molar-refractivity contribution is -0.134. The standard InChI is InChI=1S/C16H30N2O2/c1-4-6-14-16(19)18(15(17-14)7-5-2)12(3)13-8-10-20-11-9-13/h12-15,17H,4-11H2,1-3H3. The van der Waals surface area contributed by atoms with E-state index >= 15 is 0 Å². The summed E-state index contributed by atoms with van der Waals surface area (Å²) in [5, 5.41) is 3.56. The van der Waals surface area contributed by atoms with E-state index in [1.165, 1.54) is 0 Å². The molecule has 2 aliphatic rings. The van der Waals surface area contributed by atoms with Crippen LogP contribution in [-0.2, 0) is 9.53 Å². The molecule has 2 fully saturated rings. The second-order valence-corrected chi connectivity index (χ2v) is 6.25. The number of rotatable bonds is 6. The molecule has 2 saturated heterocycles. The summed E-state index contributed by atoms with van der Waals surface area (Å²) in [7, 11) is 0. The molecule has 0 saturated carbocycles. The Balaban J connectivity index is 2.06. The number of nitrogens with one attached hydrogen (secondary N) is 1. The van der Waals surface area contributed by atoms with Crippen LogP contribution < -0.4 is 5.32 Å². The summed E-state index contributed by atoms with van der Waals surface area (Å²) in [5.74, 6) is 0.915. The molecule has 116 valence electrons. The molecule has 0 aliphatic carbocycles. The molecule has 1 amide bonds. The smallest absolute Gasteiger partial charge is 0.241 e. The molecular formula is C16H30N2O2.